The Morgan fingerprint density at radius 3 is 2.40 bits per heavy atom. The summed E-state index contributed by atoms with van der Waals surface area (Å²) in [7, 11) is 0. The number of hydrogen-bond acceptors (Lipinski definition) is 3. The highest BCUT2D eigenvalue weighted by atomic mass is 35.5. The molecule has 6 heteroatoms. The Morgan fingerprint density at radius 1 is 1.00 bits per heavy atom. The molecule has 1 aromatic carbocycles. The smallest absolute Gasteiger partial charge is 0.222 e. The molecule has 1 saturated heterocycles. The number of hydrogen-bond donors (Lipinski definition) is 0. The van der Waals surface area contributed by atoms with Crippen LogP contribution in [0, 0.1) is 0 Å². The van der Waals surface area contributed by atoms with E-state index in [1.807, 2.05) is 41.3 Å². The number of benzene rings is 1. The number of piperazine rings is 1. The third-order valence-corrected chi connectivity index (χ3v) is 4.89. The van der Waals surface area contributed by atoms with Gasteiger partial charge in [-0.05, 0) is 42.7 Å². The van der Waals surface area contributed by atoms with E-state index in [1.165, 1.54) is 5.56 Å². The molecule has 1 amide bonds. The van der Waals surface area contributed by atoms with Crippen LogP contribution >= 0.6 is 23.2 Å². The molecule has 0 saturated carbocycles. The lowest BCUT2D eigenvalue weighted by Gasteiger charge is -2.35. The van der Waals surface area contributed by atoms with E-state index in [1.54, 1.807) is 6.07 Å². The Balaban J connectivity index is 1.43. The molecule has 1 aromatic heterocycles. The van der Waals surface area contributed by atoms with Gasteiger partial charge < -0.3 is 9.80 Å². The summed E-state index contributed by atoms with van der Waals surface area (Å²) in [6, 6.07) is 13.4. The highest BCUT2D eigenvalue weighted by Gasteiger charge is 2.21. The van der Waals surface area contributed by atoms with Crippen molar-refractivity contribution in [1.29, 1.82) is 0 Å². The number of rotatable bonds is 5. The number of pyridine rings is 1. The SMILES string of the molecule is O=C(CCCc1ccc(Cl)cc1)N1CCN(c2cccc(Cl)n2)CC1. The van der Waals surface area contributed by atoms with Gasteiger partial charge in [0, 0.05) is 37.6 Å². The molecule has 2 heterocycles. The van der Waals surface area contributed by atoms with E-state index >= 15 is 0 Å². The predicted octanol–water partition coefficient (Wildman–Crippen LogP) is 4.06. The largest absolute Gasteiger partial charge is 0.353 e. The summed E-state index contributed by atoms with van der Waals surface area (Å²) in [5.41, 5.74) is 1.22. The van der Waals surface area contributed by atoms with Gasteiger partial charge in [0.1, 0.15) is 11.0 Å². The van der Waals surface area contributed by atoms with E-state index in [0.29, 0.717) is 11.6 Å². The fourth-order valence-corrected chi connectivity index (χ4v) is 3.30. The van der Waals surface area contributed by atoms with Crippen LogP contribution in [0.5, 0.6) is 0 Å². The maximum absolute atomic E-state index is 12.4. The molecular weight excluding hydrogens is 357 g/mol. The van der Waals surface area contributed by atoms with E-state index in [4.69, 9.17) is 23.2 Å². The first-order valence-electron chi connectivity index (χ1n) is 8.51. The first-order chi connectivity index (χ1) is 12.1. The first kappa shape index (κ1) is 18.0. The van der Waals surface area contributed by atoms with Crippen molar-refractivity contribution < 1.29 is 4.79 Å². The third kappa shape index (κ3) is 5.10. The van der Waals surface area contributed by atoms with Gasteiger partial charge in [0.2, 0.25) is 5.91 Å². The number of aryl methyl sites for hydroxylation is 1. The normalized spacial score (nSPS) is 14.6. The molecule has 1 aliphatic heterocycles. The summed E-state index contributed by atoms with van der Waals surface area (Å²) in [5.74, 6) is 1.11. The van der Waals surface area contributed by atoms with Crippen LogP contribution in [0.3, 0.4) is 0 Å². The summed E-state index contributed by atoms with van der Waals surface area (Å²) in [6.45, 7) is 3.04. The lowest BCUT2D eigenvalue weighted by molar-refractivity contribution is -0.131. The minimum absolute atomic E-state index is 0.229. The van der Waals surface area contributed by atoms with Gasteiger partial charge in [-0.3, -0.25) is 4.79 Å². The molecule has 0 atom stereocenters. The Kier molecular flexibility index (Phi) is 6.16. The van der Waals surface area contributed by atoms with Gasteiger partial charge in [-0.1, -0.05) is 41.4 Å². The number of carbonyl (C=O) groups excluding carboxylic acids is 1. The highest BCUT2D eigenvalue weighted by molar-refractivity contribution is 6.30. The molecule has 25 heavy (non-hydrogen) atoms. The second-order valence-corrected chi connectivity index (χ2v) is 6.99. The fraction of sp³-hybridized carbons (Fsp3) is 0.368. The molecule has 0 N–H and O–H groups in total. The van der Waals surface area contributed by atoms with Gasteiger partial charge in [0.25, 0.3) is 0 Å². The van der Waals surface area contributed by atoms with E-state index in [9.17, 15) is 4.79 Å². The molecule has 1 fully saturated rings. The fourth-order valence-electron chi connectivity index (χ4n) is 3.01. The maximum atomic E-state index is 12.4. The zero-order valence-corrected chi connectivity index (χ0v) is 15.5. The Morgan fingerprint density at radius 2 is 1.72 bits per heavy atom. The van der Waals surface area contributed by atoms with Crippen LogP contribution in [0.1, 0.15) is 18.4 Å². The molecule has 0 unspecified atom stereocenters. The number of anilines is 1. The Bertz CT molecular complexity index is 713. The molecular formula is C19H21Cl2N3O. The topological polar surface area (TPSA) is 36.4 Å². The van der Waals surface area contributed by atoms with Gasteiger partial charge >= 0.3 is 0 Å². The van der Waals surface area contributed by atoms with Gasteiger partial charge in [0.15, 0.2) is 0 Å². The van der Waals surface area contributed by atoms with E-state index < -0.39 is 0 Å². The van der Waals surface area contributed by atoms with E-state index in [-0.39, 0.29) is 5.91 Å². The molecule has 4 nitrogen and oxygen atoms in total. The number of halogens is 2. The minimum atomic E-state index is 0.229. The summed E-state index contributed by atoms with van der Waals surface area (Å²) in [4.78, 5) is 20.8. The van der Waals surface area contributed by atoms with Crippen molar-refractivity contribution >= 4 is 34.9 Å². The molecule has 0 radical (unpaired) electrons. The molecule has 1 aliphatic rings. The van der Waals surface area contributed by atoms with E-state index in [2.05, 4.69) is 9.88 Å². The standard InChI is InChI=1S/C19H21Cl2N3O/c20-16-9-7-15(8-10-16)3-1-6-19(25)24-13-11-23(12-14-24)18-5-2-4-17(21)22-18/h2,4-5,7-10H,1,3,6,11-14H2. The van der Waals surface area contributed by atoms with Crippen molar-refractivity contribution in [3.05, 3.63) is 58.2 Å². The van der Waals surface area contributed by atoms with Crippen molar-refractivity contribution in [2.24, 2.45) is 0 Å². The van der Waals surface area contributed by atoms with E-state index in [0.717, 1.165) is 49.9 Å². The van der Waals surface area contributed by atoms with Crippen LogP contribution in [-0.2, 0) is 11.2 Å². The third-order valence-electron chi connectivity index (χ3n) is 4.43. The molecule has 2 aromatic rings. The zero-order valence-electron chi connectivity index (χ0n) is 14.0. The second kappa shape index (κ2) is 8.54. The lowest BCUT2D eigenvalue weighted by Crippen LogP contribution is -2.49. The zero-order chi connectivity index (χ0) is 17.6. The van der Waals surface area contributed by atoms with Crippen LogP contribution in [-0.4, -0.2) is 42.0 Å². The highest BCUT2D eigenvalue weighted by Crippen LogP contribution is 2.17. The van der Waals surface area contributed by atoms with Gasteiger partial charge in [-0.15, -0.1) is 0 Å². The molecule has 0 bridgehead atoms. The number of nitrogens with zero attached hydrogens (tertiary/aromatic N) is 3. The van der Waals surface area contributed by atoms with Crippen molar-refractivity contribution in [2.75, 3.05) is 31.1 Å². The molecule has 0 spiro atoms. The maximum Gasteiger partial charge on any atom is 0.222 e. The lowest BCUT2D eigenvalue weighted by atomic mass is 10.1. The van der Waals surface area contributed by atoms with Gasteiger partial charge in [-0.25, -0.2) is 4.98 Å². The summed E-state index contributed by atoms with van der Waals surface area (Å²) in [5, 5.41) is 1.24. The van der Waals surface area contributed by atoms with Crippen LogP contribution in [0.25, 0.3) is 0 Å². The first-order valence-corrected chi connectivity index (χ1v) is 9.27. The Hall–Kier alpha value is -1.78. The number of amides is 1. The number of carbonyl (C=O) groups is 1. The summed E-state index contributed by atoms with van der Waals surface area (Å²) >= 11 is 11.8. The van der Waals surface area contributed by atoms with Crippen LogP contribution in [0.15, 0.2) is 42.5 Å². The quantitative estimate of drug-likeness (QED) is 0.737. The molecule has 3 rings (SSSR count). The number of aromatic nitrogens is 1. The van der Waals surface area contributed by atoms with Crippen molar-refractivity contribution in [2.45, 2.75) is 19.3 Å². The Labute approximate surface area is 158 Å². The molecule has 132 valence electrons. The van der Waals surface area contributed by atoms with Crippen LogP contribution in [0.4, 0.5) is 5.82 Å². The second-order valence-electron chi connectivity index (χ2n) is 6.17. The van der Waals surface area contributed by atoms with Gasteiger partial charge in [-0.2, -0.15) is 0 Å². The predicted molar refractivity (Wildman–Crippen MR) is 102 cm³/mol. The monoisotopic (exact) mass is 377 g/mol. The summed E-state index contributed by atoms with van der Waals surface area (Å²) < 4.78 is 0. The average Bonchev–Trinajstić information content (AvgIpc) is 2.63. The average molecular weight is 378 g/mol. The van der Waals surface area contributed by atoms with Crippen molar-refractivity contribution in [1.82, 2.24) is 9.88 Å². The molecule has 0 aliphatic carbocycles. The van der Waals surface area contributed by atoms with Crippen LogP contribution in [0.2, 0.25) is 10.2 Å². The summed E-state index contributed by atoms with van der Waals surface area (Å²) in [6.07, 6.45) is 2.34. The van der Waals surface area contributed by atoms with Gasteiger partial charge in [0.05, 0.1) is 0 Å². The van der Waals surface area contributed by atoms with Crippen molar-refractivity contribution in [3.63, 3.8) is 0 Å². The minimum Gasteiger partial charge on any atom is -0.353 e. The van der Waals surface area contributed by atoms with Crippen LogP contribution < -0.4 is 4.90 Å². The van der Waals surface area contributed by atoms with Crippen molar-refractivity contribution in [3.8, 4) is 0 Å².